The third kappa shape index (κ3) is 14.4. The van der Waals surface area contributed by atoms with E-state index in [1.165, 1.54) is 19.1 Å². The lowest BCUT2D eigenvalue weighted by Gasteiger charge is -2.48. The van der Waals surface area contributed by atoms with E-state index in [0.29, 0.717) is 69.8 Å². The molecule has 4 aliphatic rings. The maximum Gasteiger partial charge on any atom is 0.329 e. The number of aliphatic hydroxyl groups excluding tert-OH is 4. The number of hydrogen-bond acceptors (Lipinski definition) is 13. The van der Waals surface area contributed by atoms with Crippen molar-refractivity contribution in [1.29, 1.82) is 0 Å². The van der Waals surface area contributed by atoms with E-state index in [-0.39, 0.29) is 60.5 Å². The number of esters is 1. The Morgan fingerprint density at radius 2 is 1.56 bits per heavy atom. The average Bonchev–Trinajstić information content (AvgIpc) is 3.30. The highest BCUT2D eigenvalue weighted by atomic mass is 16.7. The normalized spacial score (nSPS) is 39.7. The molecule has 1 amide bonds. The van der Waals surface area contributed by atoms with Crippen LogP contribution < -0.4 is 0 Å². The number of cyclic esters (lactones) is 1. The number of aliphatic hydroxyl groups is 4. The van der Waals surface area contributed by atoms with Crippen LogP contribution in [0.3, 0.4) is 0 Å². The van der Waals surface area contributed by atoms with Crippen molar-refractivity contribution in [2.45, 2.75) is 192 Å². The van der Waals surface area contributed by atoms with Gasteiger partial charge in [0.15, 0.2) is 11.9 Å². The van der Waals surface area contributed by atoms with E-state index in [1.807, 2.05) is 52.0 Å². The molecule has 0 radical (unpaired) electrons. The molecule has 14 heteroatoms. The van der Waals surface area contributed by atoms with E-state index in [0.717, 1.165) is 12.0 Å². The van der Waals surface area contributed by atoms with Crippen molar-refractivity contribution in [3.63, 3.8) is 0 Å². The highest BCUT2D eigenvalue weighted by Gasteiger charge is 2.54. The average molecular weight is 932 g/mol. The molecule has 3 heterocycles. The maximum absolute atomic E-state index is 14.6. The molecule has 2 bridgehead atoms. The summed E-state index contributed by atoms with van der Waals surface area (Å²) in [5.41, 5.74) is 1.33. The molecule has 0 aromatic rings. The van der Waals surface area contributed by atoms with Gasteiger partial charge in [-0.1, -0.05) is 71.1 Å². The third-order valence-corrected chi connectivity index (χ3v) is 15.2. The van der Waals surface area contributed by atoms with Crippen LogP contribution in [0, 0.1) is 35.5 Å². The van der Waals surface area contributed by atoms with Gasteiger partial charge < -0.3 is 53.7 Å². The molecule has 376 valence electrons. The summed E-state index contributed by atoms with van der Waals surface area (Å²) in [5, 5.41) is 45.6. The first-order valence-electron chi connectivity index (χ1n) is 24.6. The van der Waals surface area contributed by atoms with Crippen molar-refractivity contribution < 1.29 is 63.2 Å². The Hall–Kier alpha value is -2.79. The van der Waals surface area contributed by atoms with E-state index in [2.05, 4.69) is 13.0 Å². The Kier molecular flexibility index (Phi) is 22.2. The molecule has 66 heavy (non-hydrogen) atoms. The summed E-state index contributed by atoms with van der Waals surface area (Å²) in [7, 11) is 6.12. The first kappa shape index (κ1) is 55.8. The van der Waals surface area contributed by atoms with Crippen molar-refractivity contribution in [2.75, 3.05) is 35.0 Å². The molecule has 4 N–H and O–H groups in total. The number of methoxy groups -OCH3 is 4. The number of rotatable bonds is 7. The fraction of sp³-hybridized carbons (Fsp3) is 0.788. The lowest BCUT2D eigenvalue weighted by Crippen LogP contribution is -2.63. The SMILES string of the molecule is COC1CC2CC[C@@H](C)C(OC)(O2)C(O)C(=O)N2CCCCC2C(=O)OC(C(C)CC2CCC(O)C(OC)C2)CC(=O)C(C)=CC(C)C(O)C(OC)C(O)[C@H](C)CC(C)C=CC=CC=C1C. The molecule has 3 fully saturated rings. The Labute approximate surface area is 395 Å². The number of Topliss-reactive ketones (excluding diaryl/α,β-unsaturated/α-hetero) is 1. The zero-order valence-electron chi connectivity index (χ0n) is 41.8. The van der Waals surface area contributed by atoms with Gasteiger partial charge in [-0.15, -0.1) is 0 Å². The highest BCUT2D eigenvalue weighted by molar-refractivity contribution is 5.95. The van der Waals surface area contributed by atoms with Crippen molar-refractivity contribution >= 4 is 17.7 Å². The smallest absolute Gasteiger partial charge is 0.329 e. The summed E-state index contributed by atoms with van der Waals surface area (Å²) < 4.78 is 36.2. The molecule has 1 aliphatic carbocycles. The van der Waals surface area contributed by atoms with Gasteiger partial charge >= 0.3 is 5.97 Å². The second-order valence-corrected chi connectivity index (χ2v) is 20.1. The minimum absolute atomic E-state index is 0.101. The van der Waals surface area contributed by atoms with Gasteiger partial charge in [0, 0.05) is 59.7 Å². The molecular formula is C52H85NO13. The molecule has 15 unspecified atom stereocenters. The Bertz CT molecular complexity index is 1680. The number of ether oxygens (including phenoxy) is 6. The zero-order valence-corrected chi connectivity index (χ0v) is 41.8. The highest BCUT2D eigenvalue weighted by Crippen LogP contribution is 2.41. The number of carbonyl (C=O) groups excluding carboxylic acids is 3. The van der Waals surface area contributed by atoms with Crippen molar-refractivity contribution in [2.24, 2.45) is 35.5 Å². The second-order valence-electron chi connectivity index (χ2n) is 20.1. The number of ketones is 1. The van der Waals surface area contributed by atoms with Crippen LogP contribution in [0.15, 0.2) is 47.6 Å². The Morgan fingerprint density at radius 1 is 0.833 bits per heavy atom. The van der Waals surface area contributed by atoms with Gasteiger partial charge in [0.05, 0.1) is 36.6 Å². The van der Waals surface area contributed by atoms with Gasteiger partial charge in [0.2, 0.25) is 5.79 Å². The number of fused-ring (bicyclic) bond motifs is 3. The van der Waals surface area contributed by atoms with E-state index < -0.39 is 72.4 Å². The summed E-state index contributed by atoms with van der Waals surface area (Å²) in [5.74, 6) is -4.53. The fourth-order valence-corrected chi connectivity index (χ4v) is 10.8. The standard InChI is InChI=1S/C52H85NO13/c1-31-17-13-12-14-18-32(2)43(61-8)29-39-22-20-37(7)52(64-11,66-39)49(58)50(59)53-24-16-15-19-40(53)51(60)65-44(34(4)27-38-21-23-41(54)45(28-38)62-9)30-42(55)33(3)26-36(6)47(57)48(63-10)46(56)35(5)25-31/h12-14,17-18,26,31,34-41,43-49,54,56-58H,15-16,19-25,27-30H2,1-11H3/t31?,34?,35-,36?,37-,38?,39?,40?,41?,43?,44?,45?,46?,47?,48?,49?,52?/m1/s1. The molecule has 3 aliphatic heterocycles. The first-order chi connectivity index (χ1) is 31.3. The van der Waals surface area contributed by atoms with Crippen LogP contribution in [0.25, 0.3) is 0 Å². The summed E-state index contributed by atoms with van der Waals surface area (Å²) in [6.45, 7) is 13.5. The number of amides is 1. The van der Waals surface area contributed by atoms with E-state index in [4.69, 9.17) is 28.4 Å². The summed E-state index contributed by atoms with van der Waals surface area (Å²) in [4.78, 5) is 44.6. The number of carbonyl (C=O) groups is 3. The van der Waals surface area contributed by atoms with Crippen molar-refractivity contribution in [3.8, 4) is 0 Å². The largest absolute Gasteiger partial charge is 0.460 e. The zero-order chi connectivity index (χ0) is 48.9. The molecule has 0 aromatic carbocycles. The summed E-state index contributed by atoms with van der Waals surface area (Å²) in [6, 6.07) is -1.02. The van der Waals surface area contributed by atoms with Gasteiger partial charge in [-0.05, 0) is 113 Å². The van der Waals surface area contributed by atoms with Crippen LogP contribution >= 0.6 is 0 Å². The number of nitrogens with zero attached hydrogens (tertiary/aromatic N) is 1. The molecule has 14 nitrogen and oxygen atoms in total. The first-order valence-corrected chi connectivity index (χ1v) is 24.6. The lowest BCUT2D eigenvalue weighted by atomic mass is 9.78. The van der Waals surface area contributed by atoms with Crippen molar-refractivity contribution in [1.82, 2.24) is 4.90 Å². The summed E-state index contributed by atoms with van der Waals surface area (Å²) >= 11 is 0. The van der Waals surface area contributed by atoms with E-state index >= 15 is 0 Å². The topological polar surface area (TPSA) is 191 Å². The predicted octanol–water partition coefficient (Wildman–Crippen LogP) is 6.42. The van der Waals surface area contributed by atoms with Crippen LogP contribution in [0.5, 0.6) is 0 Å². The molecule has 2 saturated heterocycles. The molecular weight excluding hydrogens is 847 g/mol. The van der Waals surface area contributed by atoms with Crippen molar-refractivity contribution in [3.05, 3.63) is 47.6 Å². The van der Waals surface area contributed by atoms with Crippen LogP contribution in [0.1, 0.15) is 126 Å². The third-order valence-electron chi connectivity index (χ3n) is 15.2. The maximum atomic E-state index is 14.6. The monoisotopic (exact) mass is 932 g/mol. The van der Waals surface area contributed by atoms with Gasteiger partial charge in [-0.25, -0.2) is 4.79 Å². The quantitative estimate of drug-likeness (QED) is 0.205. The van der Waals surface area contributed by atoms with Gasteiger partial charge in [0.1, 0.15) is 18.2 Å². The number of allylic oxidation sites excluding steroid dienone is 6. The van der Waals surface area contributed by atoms with Crippen LogP contribution in [-0.2, 0) is 42.8 Å². The molecule has 17 atom stereocenters. The molecule has 4 rings (SSSR count). The van der Waals surface area contributed by atoms with Crippen LogP contribution in [0.2, 0.25) is 0 Å². The summed E-state index contributed by atoms with van der Waals surface area (Å²) in [6.07, 6.45) is 10.6. The van der Waals surface area contributed by atoms with Gasteiger partial charge in [0.25, 0.3) is 5.91 Å². The van der Waals surface area contributed by atoms with E-state index in [9.17, 15) is 34.8 Å². The Morgan fingerprint density at radius 3 is 2.23 bits per heavy atom. The minimum atomic E-state index is -1.75. The molecule has 0 spiro atoms. The number of hydrogen-bond donors (Lipinski definition) is 4. The molecule has 1 saturated carbocycles. The van der Waals surface area contributed by atoms with Crippen LogP contribution in [-0.4, -0.2) is 145 Å². The predicted molar refractivity (Wildman–Crippen MR) is 252 cm³/mol. The fourth-order valence-electron chi connectivity index (χ4n) is 10.8. The van der Waals surface area contributed by atoms with Crippen LogP contribution in [0.4, 0.5) is 0 Å². The minimum Gasteiger partial charge on any atom is -0.460 e. The van der Waals surface area contributed by atoms with Gasteiger partial charge in [-0.3, -0.25) is 9.59 Å². The number of piperidine rings is 1. The molecule has 0 aromatic heterocycles. The Balaban J connectivity index is 1.72. The van der Waals surface area contributed by atoms with Gasteiger partial charge in [-0.2, -0.15) is 0 Å². The lowest BCUT2D eigenvalue weighted by molar-refractivity contribution is -0.328. The second kappa shape index (κ2) is 26.3. The van der Waals surface area contributed by atoms with E-state index in [1.54, 1.807) is 34.1 Å².